The number of carbonyl (C=O) groups is 1. The molecule has 0 spiro atoms. The number of hydrogen-bond donors (Lipinski definition) is 1. The Morgan fingerprint density at radius 2 is 2.05 bits per heavy atom. The van der Waals surface area contributed by atoms with Crippen molar-refractivity contribution in [3.8, 4) is 5.75 Å². The van der Waals surface area contributed by atoms with Gasteiger partial charge in [0.05, 0.1) is 13.2 Å². The third-order valence-electron chi connectivity index (χ3n) is 3.62. The number of hydrogen-bond acceptors (Lipinski definition) is 3. The van der Waals surface area contributed by atoms with E-state index in [4.69, 9.17) is 4.74 Å². The molecule has 102 valence electrons. The van der Waals surface area contributed by atoms with Gasteiger partial charge in [0.25, 0.3) is 0 Å². The van der Waals surface area contributed by atoms with Gasteiger partial charge in [0.2, 0.25) is 5.91 Å². The Kier molecular flexibility index (Phi) is 3.42. The van der Waals surface area contributed by atoms with Crippen molar-refractivity contribution in [3.63, 3.8) is 0 Å². The van der Waals surface area contributed by atoms with Crippen LogP contribution >= 0.6 is 0 Å². The van der Waals surface area contributed by atoms with E-state index < -0.39 is 0 Å². The van der Waals surface area contributed by atoms with Gasteiger partial charge in [0, 0.05) is 6.04 Å². The van der Waals surface area contributed by atoms with Gasteiger partial charge in [0.1, 0.15) is 11.9 Å². The van der Waals surface area contributed by atoms with Crippen molar-refractivity contribution >= 4 is 5.91 Å². The largest absolute Gasteiger partial charge is 0.494 e. The van der Waals surface area contributed by atoms with Crippen LogP contribution in [0.1, 0.15) is 37.9 Å². The molecule has 1 N–H and O–H groups in total. The molecule has 1 saturated heterocycles. The van der Waals surface area contributed by atoms with E-state index in [-0.39, 0.29) is 12.1 Å². The van der Waals surface area contributed by atoms with E-state index in [0.717, 1.165) is 37.2 Å². The zero-order valence-electron chi connectivity index (χ0n) is 11.3. The molecule has 3 rings (SSSR count). The van der Waals surface area contributed by atoms with Crippen molar-refractivity contribution in [2.75, 3.05) is 13.2 Å². The van der Waals surface area contributed by atoms with E-state index in [1.54, 1.807) is 0 Å². The minimum absolute atomic E-state index is 0.0419. The summed E-state index contributed by atoms with van der Waals surface area (Å²) < 4.78 is 5.58. The molecule has 2 fully saturated rings. The quantitative estimate of drug-likeness (QED) is 0.881. The van der Waals surface area contributed by atoms with Crippen molar-refractivity contribution < 1.29 is 9.53 Å². The van der Waals surface area contributed by atoms with Crippen LogP contribution in [0.5, 0.6) is 5.75 Å². The summed E-state index contributed by atoms with van der Waals surface area (Å²) in [4.78, 5) is 13.9. The second-order valence-electron chi connectivity index (χ2n) is 5.23. The molecule has 0 aromatic heterocycles. The van der Waals surface area contributed by atoms with Gasteiger partial charge in [-0.15, -0.1) is 0 Å². The molecule has 1 amide bonds. The van der Waals surface area contributed by atoms with Crippen LogP contribution in [-0.2, 0) is 4.79 Å². The summed E-state index contributed by atoms with van der Waals surface area (Å²) in [6.45, 7) is 3.29. The lowest BCUT2D eigenvalue weighted by molar-refractivity contribution is -0.128. The zero-order chi connectivity index (χ0) is 13.2. The first-order chi connectivity index (χ1) is 9.29. The maximum absolute atomic E-state index is 11.9. The van der Waals surface area contributed by atoms with Crippen molar-refractivity contribution in [3.05, 3.63) is 29.8 Å². The average molecular weight is 260 g/mol. The molecule has 1 aliphatic carbocycles. The number of nitrogens with zero attached hydrogens (tertiary/aromatic N) is 1. The highest BCUT2D eigenvalue weighted by Gasteiger charge is 2.41. The first-order valence-corrected chi connectivity index (χ1v) is 7.07. The summed E-state index contributed by atoms with van der Waals surface area (Å²) in [7, 11) is 0. The maximum atomic E-state index is 11.9. The molecule has 0 bridgehead atoms. The third-order valence-corrected chi connectivity index (χ3v) is 3.62. The number of amides is 1. The fraction of sp³-hybridized carbons (Fsp3) is 0.533. The predicted octanol–water partition coefficient (Wildman–Crippen LogP) is 2.07. The van der Waals surface area contributed by atoms with Gasteiger partial charge in [-0.1, -0.05) is 19.1 Å². The van der Waals surface area contributed by atoms with Crippen molar-refractivity contribution in [2.24, 2.45) is 0 Å². The van der Waals surface area contributed by atoms with Crippen LogP contribution in [0.2, 0.25) is 0 Å². The Hall–Kier alpha value is -1.55. The van der Waals surface area contributed by atoms with Gasteiger partial charge in [-0.25, -0.2) is 0 Å². The van der Waals surface area contributed by atoms with E-state index >= 15 is 0 Å². The molecule has 1 atom stereocenters. The number of nitrogens with one attached hydrogen (secondary N) is 1. The molecule has 4 nitrogen and oxygen atoms in total. The number of rotatable bonds is 5. The Bertz CT molecular complexity index is 454. The van der Waals surface area contributed by atoms with Crippen LogP contribution in [0.15, 0.2) is 24.3 Å². The normalized spacial score (nSPS) is 22.9. The average Bonchev–Trinajstić information content (AvgIpc) is 3.20. The van der Waals surface area contributed by atoms with Crippen LogP contribution in [0.3, 0.4) is 0 Å². The first kappa shape index (κ1) is 12.5. The molecule has 2 aliphatic rings. The molecule has 19 heavy (non-hydrogen) atoms. The Morgan fingerprint density at radius 3 is 2.68 bits per heavy atom. The molecular formula is C15H20N2O2. The van der Waals surface area contributed by atoms with Crippen LogP contribution in [0.25, 0.3) is 0 Å². The summed E-state index contributed by atoms with van der Waals surface area (Å²) in [6, 6.07) is 8.53. The smallest absolute Gasteiger partial charge is 0.238 e. The van der Waals surface area contributed by atoms with E-state index in [1.807, 2.05) is 17.0 Å². The van der Waals surface area contributed by atoms with Gasteiger partial charge in [-0.05, 0) is 37.0 Å². The van der Waals surface area contributed by atoms with Gasteiger partial charge in [-0.2, -0.15) is 0 Å². The van der Waals surface area contributed by atoms with Gasteiger partial charge in [-0.3, -0.25) is 10.1 Å². The molecule has 1 aromatic carbocycles. The monoisotopic (exact) mass is 260 g/mol. The van der Waals surface area contributed by atoms with Gasteiger partial charge in [0.15, 0.2) is 0 Å². The number of ether oxygens (including phenoxy) is 1. The zero-order valence-corrected chi connectivity index (χ0v) is 11.3. The highest BCUT2D eigenvalue weighted by atomic mass is 16.5. The van der Waals surface area contributed by atoms with Crippen molar-refractivity contribution in [2.45, 2.75) is 38.4 Å². The molecule has 0 radical (unpaired) electrons. The highest BCUT2D eigenvalue weighted by molar-refractivity contribution is 5.81. The molecule has 1 heterocycles. The molecule has 1 saturated carbocycles. The van der Waals surface area contributed by atoms with Crippen LogP contribution in [0.4, 0.5) is 0 Å². The molecular weight excluding hydrogens is 240 g/mol. The summed E-state index contributed by atoms with van der Waals surface area (Å²) in [6.07, 6.45) is 3.33. The summed E-state index contributed by atoms with van der Waals surface area (Å²) >= 11 is 0. The van der Waals surface area contributed by atoms with E-state index in [1.165, 1.54) is 0 Å². The second kappa shape index (κ2) is 5.21. The topological polar surface area (TPSA) is 41.6 Å². The third kappa shape index (κ3) is 2.59. The lowest BCUT2D eigenvalue weighted by atomic mass is 10.1. The Morgan fingerprint density at radius 1 is 1.32 bits per heavy atom. The van der Waals surface area contributed by atoms with E-state index in [9.17, 15) is 4.79 Å². The van der Waals surface area contributed by atoms with Crippen LogP contribution in [-0.4, -0.2) is 30.0 Å². The lowest BCUT2D eigenvalue weighted by Crippen LogP contribution is -2.32. The van der Waals surface area contributed by atoms with Crippen LogP contribution in [0, 0.1) is 0 Å². The van der Waals surface area contributed by atoms with Gasteiger partial charge < -0.3 is 9.64 Å². The predicted molar refractivity (Wildman–Crippen MR) is 72.8 cm³/mol. The molecule has 1 unspecified atom stereocenters. The van der Waals surface area contributed by atoms with Crippen molar-refractivity contribution in [1.29, 1.82) is 0 Å². The molecule has 1 aromatic rings. The van der Waals surface area contributed by atoms with Crippen LogP contribution < -0.4 is 10.1 Å². The fourth-order valence-corrected chi connectivity index (χ4v) is 2.53. The van der Waals surface area contributed by atoms with Gasteiger partial charge >= 0.3 is 0 Å². The summed E-state index contributed by atoms with van der Waals surface area (Å²) in [5.74, 6) is 1.12. The summed E-state index contributed by atoms with van der Waals surface area (Å²) in [5, 5.41) is 3.29. The summed E-state index contributed by atoms with van der Waals surface area (Å²) in [5.41, 5.74) is 1.14. The standard InChI is InChI=1S/C15H20N2O2/c1-2-9-19-13-7-3-11(4-8-13)15-16-10-14(18)17(15)12-5-6-12/h3-4,7-8,12,15-16H,2,5-6,9-10H2,1H3. The first-order valence-electron chi connectivity index (χ1n) is 7.07. The second-order valence-corrected chi connectivity index (χ2v) is 5.23. The minimum Gasteiger partial charge on any atom is -0.494 e. The molecule has 1 aliphatic heterocycles. The minimum atomic E-state index is 0.0419. The number of benzene rings is 1. The SMILES string of the molecule is CCCOc1ccc(C2NCC(=O)N2C2CC2)cc1. The maximum Gasteiger partial charge on any atom is 0.238 e. The fourth-order valence-electron chi connectivity index (χ4n) is 2.53. The van der Waals surface area contributed by atoms with Crippen molar-refractivity contribution in [1.82, 2.24) is 10.2 Å². The van der Waals surface area contributed by atoms with E-state index in [2.05, 4.69) is 24.4 Å². The molecule has 4 heteroatoms. The lowest BCUT2D eigenvalue weighted by Gasteiger charge is -2.24. The Balaban J connectivity index is 1.72. The number of carbonyl (C=O) groups excluding carboxylic acids is 1. The van der Waals surface area contributed by atoms with E-state index in [0.29, 0.717) is 12.6 Å². The Labute approximate surface area is 113 Å². The highest BCUT2D eigenvalue weighted by Crippen LogP contribution is 2.35.